The fourth-order valence-electron chi connectivity index (χ4n) is 2.54. The van der Waals surface area contributed by atoms with Crippen molar-refractivity contribution in [3.8, 4) is 5.75 Å². The van der Waals surface area contributed by atoms with Crippen molar-refractivity contribution in [2.24, 2.45) is 0 Å². The second-order valence-corrected chi connectivity index (χ2v) is 6.85. The van der Waals surface area contributed by atoms with Gasteiger partial charge >= 0.3 is 5.97 Å². The summed E-state index contributed by atoms with van der Waals surface area (Å²) in [5, 5.41) is 19.1. The highest BCUT2D eigenvalue weighted by Gasteiger charge is 2.18. The van der Waals surface area contributed by atoms with Gasteiger partial charge in [-0.1, -0.05) is 32.9 Å². The Morgan fingerprint density at radius 2 is 1.67 bits per heavy atom. The van der Waals surface area contributed by atoms with Gasteiger partial charge in [0.05, 0.1) is 0 Å². The molecule has 5 heteroatoms. The summed E-state index contributed by atoms with van der Waals surface area (Å²) in [5.74, 6) is -0.989. The van der Waals surface area contributed by atoms with Gasteiger partial charge in [0.15, 0.2) is 0 Å². The Balaban J connectivity index is 2.09. The highest BCUT2D eigenvalue weighted by atomic mass is 16.4. The molecular weight excluding hydrogens is 306 g/mol. The Labute approximate surface area is 141 Å². The van der Waals surface area contributed by atoms with Crippen LogP contribution in [0.15, 0.2) is 36.5 Å². The Morgan fingerprint density at radius 3 is 2.21 bits per heavy atom. The number of aromatic hydroxyl groups is 1. The van der Waals surface area contributed by atoms with E-state index >= 15 is 0 Å². The molecule has 1 heterocycles. The van der Waals surface area contributed by atoms with Crippen LogP contribution in [0.2, 0.25) is 0 Å². The molecule has 2 rings (SSSR count). The van der Waals surface area contributed by atoms with Crippen molar-refractivity contribution in [1.82, 2.24) is 4.98 Å². The SMILES string of the molecule is CC(C)(C)c1ccc(CC(=O)Cc2ccnc(C(=O)O)c2)cc1O. The van der Waals surface area contributed by atoms with Crippen LogP contribution < -0.4 is 0 Å². The Kier molecular flexibility index (Phi) is 5.02. The summed E-state index contributed by atoms with van der Waals surface area (Å²) in [6.07, 6.45) is 1.70. The molecule has 0 amide bonds. The Morgan fingerprint density at radius 1 is 1.04 bits per heavy atom. The molecule has 0 spiro atoms. The lowest BCUT2D eigenvalue weighted by atomic mass is 9.85. The average Bonchev–Trinajstić information content (AvgIpc) is 2.45. The van der Waals surface area contributed by atoms with Gasteiger partial charge in [0.1, 0.15) is 17.2 Å². The summed E-state index contributed by atoms with van der Waals surface area (Å²) in [5.41, 5.74) is 1.93. The molecule has 2 aromatic rings. The number of pyridine rings is 1. The standard InChI is InChI=1S/C19H21NO4/c1-19(2,3)15-5-4-12(11-17(15)22)8-14(21)9-13-6-7-20-16(10-13)18(23)24/h4-7,10-11,22H,8-9H2,1-3H3,(H,23,24). The maximum atomic E-state index is 12.2. The second kappa shape index (κ2) is 6.83. The van der Waals surface area contributed by atoms with E-state index in [1.54, 1.807) is 12.1 Å². The first kappa shape index (κ1) is 17.7. The molecule has 0 atom stereocenters. The smallest absolute Gasteiger partial charge is 0.354 e. The molecule has 126 valence electrons. The second-order valence-electron chi connectivity index (χ2n) is 6.85. The number of nitrogens with zero attached hydrogens (tertiary/aromatic N) is 1. The minimum Gasteiger partial charge on any atom is -0.508 e. The fourth-order valence-corrected chi connectivity index (χ4v) is 2.54. The van der Waals surface area contributed by atoms with Gasteiger partial charge in [0, 0.05) is 19.0 Å². The molecular formula is C19H21NO4. The quantitative estimate of drug-likeness (QED) is 0.881. The molecule has 2 N–H and O–H groups in total. The third-order valence-electron chi connectivity index (χ3n) is 3.72. The number of phenolic OH excluding ortho intramolecular Hbond substituents is 1. The van der Waals surface area contributed by atoms with E-state index < -0.39 is 5.97 Å². The van der Waals surface area contributed by atoms with Crippen LogP contribution in [0.4, 0.5) is 0 Å². The first-order valence-corrected chi connectivity index (χ1v) is 7.69. The van der Waals surface area contributed by atoms with E-state index in [2.05, 4.69) is 4.98 Å². The molecule has 1 aromatic carbocycles. The van der Waals surface area contributed by atoms with Crippen molar-refractivity contribution >= 4 is 11.8 Å². The zero-order valence-electron chi connectivity index (χ0n) is 14.0. The van der Waals surface area contributed by atoms with Crippen molar-refractivity contribution in [2.75, 3.05) is 0 Å². The fraction of sp³-hybridized carbons (Fsp3) is 0.316. The number of carbonyl (C=O) groups excluding carboxylic acids is 1. The highest BCUT2D eigenvalue weighted by Crippen LogP contribution is 2.31. The van der Waals surface area contributed by atoms with Crippen LogP contribution in [0.1, 0.15) is 48.0 Å². The molecule has 0 aliphatic carbocycles. The molecule has 0 fully saturated rings. The summed E-state index contributed by atoms with van der Waals surface area (Å²) in [7, 11) is 0. The van der Waals surface area contributed by atoms with Gasteiger partial charge in [0.2, 0.25) is 0 Å². The molecule has 0 aliphatic heterocycles. The number of Topliss-reactive ketones (excluding diaryl/α,β-unsaturated/α-hetero) is 1. The molecule has 5 nitrogen and oxygen atoms in total. The molecule has 0 saturated carbocycles. The molecule has 0 saturated heterocycles. The zero-order valence-corrected chi connectivity index (χ0v) is 14.0. The summed E-state index contributed by atoms with van der Waals surface area (Å²) < 4.78 is 0. The number of phenols is 1. The van der Waals surface area contributed by atoms with Crippen LogP contribution in [-0.4, -0.2) is 26.9 Å². The van der Waals surface area contributed by atoms with Crippen molar-refractivity contribution < 1.29 is 19.8 Å². The zero-order chi connectivity index (χ0) is 17.9. The molecule has 0 bridgehead atoms. The monoisotopic (exact) mass is 327 g/mol. The summed E-state index contributed by atoms with van der Waals surface area (Å²) in [4.78, 5) is 26.8. The van der Waals surface area contributed by atoms with Gasteiger partial charge in [-0.05, 0) is 40.3 Å². The Hall–Kier alpha value is -2.69. The number of carbonyl (C=O) groups is 2. The summed E-state index contributed by atoms with van der Waals surface area (Å²) in [6, 6.07) is 8.33. The minimum absolute atomic E-state index is 0.0551. The predicted octanol–water partition coefficient (Wildman–Crippen LogP) is 3.14. The largest absolute Gasteiger partial charge is 0.508 e. The van der Waals surface area contributed by atoms with Gasteiger partial charge in [-0.15, -0.1) is 0 Å². The van der Waals surface area contributed by atoms with Crippen molar-refractivity contribution in [3.63, 3.8) is 0 Å². The van der Waals surface area contributed by atoms with E-state index in [4.69, 9.17) is 5.11 Å². The van der Waals surface area contributed by atoms with E-state index in [9.17, 15) is 14.7 Å². The van der Waals surface area contributed by atoms with Crippen LogP contribution in [0, 0.1) is 0 Å². The lowest BCUT2D eigenvalue weighted by Gasteiger charge is -2.20. The Bertz CT molecular complexity index is 775. The predicted molar refractivity (Wildman–Crippen MR) is 90.4 cm³/mol. The molecule has 0 radical (unpaired) electrons. The van der Waals surface area contributed by atoms with E-state index in [-0.39, 0.29) is 35.5 Å². The van der Waals surface area contributed by atoms with Gasteiger partial charge in [-0.2, -0.15) is 0 Å². The normalized spacial score (nSPS) is 11.3. The number of carboxylic acid groups (broad SMARTS) is 1. The summed E-state index contributed by atoms with van der Waals surface area (Å²) in [6.45, 7) is 6.03. The van der Waals surface area contributed by atoms with Gasteiger partial charge < -0.3 is 10.2 Å². The summed E-state index contributed by atoms with van der Waals surface area (Å²) >= 11 is 0. The maximum absolute atomic E-state index is 12.2. The van der Waals surface area contributed by atoms with E-state index in [0.717, 1.165) is 11.1 Å². The number of ketones is 1. The van der Waals surface area contributed by atoms with Gasteiger partial charge in [0.25, 0.3) is 0 Å². The topological polar surface area (TPSA) is 87.5 Å². The number of carboxylic acids is 1. The molecule has 1 aromatic heterocycles. The number of benzene rings is 1. The minimum atomic E-state index is -1.12. The van der Waals surface area contributed by atoms with Crippen molar-refractivity contribution in [1.29, 1.82) is 0 Å². The van der Waals surface area contributed by atoms with Crippen LogP contribution >= 0.6 is 0 Å². The van der Waals surface area contributed by atoms with Crippen LogP contribution in [0.3, 0.4) is 0 Å². The first-order chi connectivity index (χ1) is 11.2. The van der Waals surface area contributed by atoms with Crippen molar-refractivity contribution in [3.05, 3.63) is 58.9 Å². The lowest BCUT2D eigenvalue weighted by molar-refractivity contribution is -0.117. The number of hydrogen-bond acceptors (Lipinski definition) is 4. The maximum Gasteiger partial charge on any atom is 0.354 e. The number of aromatic nitrogens is 1. The molecule has 0 unspecified atom stereocenters. The van der Waals surface area contributed by atoms with Crippen molar-refractivity contribution in [2.45, 2.75) is 39.0 Å². The van der Waals surface area contributed by atoms with E-state index in [0.29, 0.717) is 5.56 Å². The molecule has 24 heavy (non-hydrogen) atoms. The van der Waals surface area contributed by atoms with Crippen LogP contribution in [-0.2, 0) is 23.1 Å². The number of hydrogen-bond donors (Lipinski definition) is 2. The van der Waals surface area contributed by atoms with Gasteiger partial charge in [-0.25, -0.2) is 9.78 Å². The lowest BCUT2D eigenvalue weighted by Crippen LogP contribution is -2.12. The van der Waals surface area contributed by atoms with Crippen LogP contribution in [0.25, 0.3) is 0 Å². The molecule has 0 aliphatic rings. The number of aromatic carboxylic acids is 1. The third-order valence-corrected chi connectivity index (χ3v) is 3.72. The highest BCUT2D eigenvalue weighted by molar-refractivity contribution is 5.87. The first-order valence-electron chi connectivity index (χ1n) is 7.69. The van der Waals surface area contributed by atoms with E-state index in [1.165, 1.54) is 12.3 Å². The van der Waals surface area contributed by atoms with E-state index in [1.807, 2.05) is 32.9 Å². The van der Waals surface area contributed by atoms with Gasteiger partial charge in [-0.3, -0.25) is 4.79 Å². The third kappa shape index (κ3) is 4.41. The van der Waals surface area contributed by atoms with Crippen LogP contribution in [0.5, 0.6) is 5.75 Å². The average molecular weight is 327 g/mol. The number of rotatable bonds is 5.